The fourth-order valence-electron chi connectivity index (χ4n) is 6.34. The molecule has 2 saturated heterocycles. The van der Waals surface area contributed by atoms with Gasteiger partial charge in [-0.05, 0) is 62.9 Å². The van der Waals surface area contributed by atoms with Crippen molar-refractivity contribution in [3.05, 3.63) is 71.4 Å². The number of hydrogen-bond acceptors (Lipinski definition) is 7. The van der Waals surface area contributed by atoms with Gasteiger partial charge < -0.3 is 24.8 Å². The molecule has 40 heavy (non-hydrogen) atoms. The maximum absolute atomic E-state index is 12.0. The number of nitriles is 1. The van der Waals surface area contributed by atoms with E-state index in [1.54, 1.807) is 4.90 Å². The Hall–Kier alpha value is -4.09. The quantitative estimate of drug-likeness (QED) is 0.452. The first kappa shape index (κ1) is 26.1. The molecule has 8 heteroatoms. The predicted molar refractivity (Wildman–Crippen MR) is 158 cm³/mol. The number of anilines is 2. The third-order valence-corrected chi connectivity index (χ3v) is 8.67. The number of ether oxygens (including phenoxy) is 1. The molecule has 1 aromatic heterocycles. The minimum Gasteiger partial charge on any atom is -0.475 e. The monoisotopic (exact) mass is 536 g/mol. The van der Waals surface area contributed by atoms with Crippen LogP contribution >= 0.6 is 0 Å². The molecule has 0 bridgehead atoms. The first-order valence-electron chi connectivity index (χ1n) is 14.2. The average Bonchev–Trinajstić information content (AvgIpc) is 3.36. The van der Waals surface area contributed by atoms with Gasteiger partial charge in [0.2, 0.25) is 11.8 Å². The first-order valence-corrected chi connectivity index (χ1v) is 14.2. The van der Waals surface area contributed by atoms with Crippen LogP contribution in [0.4, 0.5) is 11.4 Å². The van der Waals surface area contributed by atoms with E-state index in [2.05, 4.69) is 78.1 Å². The lowest BCUT2D eigenvalue weighted by Gasteiger charge is -2.40. The van der Waals surface area contributed by atoms with Crippen LogP contribution < -0.4 is 15.0 Å². The molecule has 206 valence electrons. The lowest BCUT2D eigenvalue weighted by molar-refractivity contribution is -0.129. The number of carbonyl (C=O) groups excluding carboxylic acids is 1. The Morgan fingerprint density at radius 1 is 1.25 bits per heavy atom. The Morgan fingerprint density at radius 3 is 2.77 bits per heavy atom. The van der Waals surface area contributed by atoms with Crippen LogP contribution in [0.5, 0.6) is 5.88 Å². The summed E-state index contributed by atoms with van der Waals surface area (Å²) >= 11 is 0. The van der Waals surface area contributed by atoms with Gasteiger partial charge in [-0.2, -0.15) is 5.26 Å². The number of aryl methyl sites for hydroxylation is 1. The van der Waals surface area contributed by atoms with Crippen molar-refractivity contribution in [2.24, 2.45) is 0 Å². The average molecular weight is 537 g/mol. The summed E-state index contributed by atoms with van der Waals surface area (Å²) in [6.45, 7) is 9.94. The van der Waals surface area contributed by atoms with E-state index in [0.717, 1.165) is 49.3 Å². The Kier molecular flexibility index (Phi) is 7.07. The van der Waals surface area contributed by atoms with Gasteiger partial charge in [0.15, 0.2) is 0 Å². The predicted octanol–water partition coefficient (Wildman–Crippen LogP) is 4.26. The Labute approximate surface area is 235 Å². The summed E-state index contributed by atoms with van der Waals surface area (Å²) in [5.41, 5.74) is 5.74. The third-order valence-electron chi connectivity index (χ3n) is 8.67. The topological polar surface area (TPSA) is 84.7 Å². The summed E-state index contributed by atoms with van der Waals surface area (Å²) in [7, 11) is 2.12. The van der Waals surface area contributed by atoms with Gasteiger partial charge >= 0.3 is 0 Å². The highest BCUT2D eigenvalue weighted by molar-refractivity contribution is 5.97. The minimum atomic E-state index is -0.0685. The second kappa shape index (κ2) is 10.8. The Bertz CT molecular complexity index is 1500. The number of nitrogens with one attached hydrogen (secondary N) is 1. The van der Waals surface area contributed by atoms with Crippen LogP contribution in [0, 0.1) is 18.3 Å². The van der Waals surface area contributed by atoms with Crippen LogP contribution in [0.1, 0.15) is 35.2 Å². The van der Waals surface area contributed by atoms with Crippen molar-refractivity contribution in [3.63, 3.8) is 0 Å². The molecule has 4 heterocycles. The number of fused-ring (bicyclic) bond motifs is 2. The number of hydrogen-bond donors (Lipinski definition) is 1. The molecular weight excluding hydrogens is 500 g/mol. The van der Waals surface area contributed by atoms with Crippen molar-refractivity contribution >= 4 is 28.1 Å². The highest BCUT2D eigenvalue weighted by Gasteiger charge is 2.33. The maximum Gasteiger partial charge on any atom is 0.246 e. The van der Waals surface area contributed by atoms with Crippen molar-refractivity contribution in [1.82, 2.24) is 14.8 Å². The number of amides is 1. The molecule has 1 unspecified atom stereocenters. The van der Waals surface area contributed by atoms with Crippen LogP contribution in [-0.4, -0.2) is 72.6 Å². The largest absolute Gasteiger partial charge is 0.475 e. The van der Waals surface area contributed by atoms with E-state index < -0.39 is 0 Å². The van der Waals surface area contributed by atoms with Crippen molar-refractivity contribution in [2.75, 3.05) is 50.1 Å². The van der Waals surface area contributed by atoms with E-state index in [4.69, 9.17) is 9.72 Å². The van der Waals surface area contributed by atoms with Gasteiger partial charge in [-0.15, -0.1) is 0 Å². The van der Waals surface area contributed by atoms with E-state index in [1.165, 1.54) is 28.1 Å². The number of likely N-dealkylation sites (tertiary alicyclic amines) is 2. The zero-order chi connectivity index (χ0) is 27.8. The molecule has 8 nitrogen and oxygen atoms in total. The lowest BCUT2D eigenvalue weighted by Crippen LogP contribution is -2.56. The van der Waals surface area contributed by atoms with Gasteiger partial charge in [-0.1, -0.05) is 36.9 Å². The molecule has 2 fully saturated rings. The highest BCUT2D eigenvalue weighted by atomic mass is 16.5. The molecule has 0 saturated carbocycles. The molecule has 1 atom stereocenters. The zero-order valence-corrected chi connectivity index (χ0v) is 23.3. The minimum absolute atomic E-state index is 0.0649. The molecule has 6 rings (SSSR count). The fourth-order valence-corrected chi connectivity index (χ4v) is 6.34. The van der Waals surface area contributed by atoms with E-state index in [9.17, 15) is 10.1 Å². The number of rotatable bonds is 7. The maximum atomic E-state index is 12.0. The molecule has 2 aromatic carbocycles. The first-order chi connectivity index (χ1) is 19.5. The molecule has 3 aromatic rings. The molecule has 1 N–H and O–H groups in total. The molecule has 3 aliphatic heterocycles. The summed E-state index contributed by atoms with van der Waals surface area (Å²) in [5.74, 6) is 0.333. The molecule has 0 aliphatic carbocycles. The van der Waals surface area contributed by atoms with E-state index in [1.807, 2.05) is 0 Å². The molecular formula is C32H36N6O2. The second-order valence-corrected chi connectivity index (χ2v) is 11.2. The SMILES string of the molecule is C=CC(=O)N1CC(Nc2c(C#N)c(OCC3CCCN3C)nc3c2CCN(c2cccc4cccc(C)c24)C3)C1. The third kappa shape index (κ3) is 4.75. The van der Waals surface area contributed by atoms with Crippen molar-refractivity contribution in [3.8, 4) is 11.9 Å². The number of pyridine rings is 1. The number of benzene rings is 2. The molecule has 1 amide bonds. The Morgan fingerprint density at radius 2 is 2.05 bits per heavy atom. The Balaban J connectivity index is 1.34. The van der Waals surface area contributed by atoms with Gasteiger partial charge in [0.1, 0.15) is 18.2 Å². The second-order valence-electron chi connectivity index (χ2n) is 11.2. The smallest absolute Gasteiger partial charge is 0.246 e. The zero-order valence-electron chi connectivity index (χ0n) is 23.3. The van der Waals surface area contributed by atoms with Gasteiger partial charge in [-0.3, -0.25) is 4.79 Å². The summed E-state index contributed by atoms with van der Waals surface area (Å²) in [5, 5.41) is 16.4. The van der Waals surface area contributed by atoms with E-state index in [-0.39, 0.29) is 11.9 Å². The van der Waals surface area contributed by atoms with E-state index >= 15 is 0 Å². The van der Waals surface area contributed by atoms with Crippen LogP contribution in [-0.2, 0) is 17.8 Å². The van der Waals surface area contributed by atoms with Gasteiger partial charge in [0.25, 0.3) is 0 Å². The molecule has 0 spiro atoms. The lowest BCUT2D eigenvalue weighted by atomic mass is 9.96. The van der Waals surface area contributed by atoms with Crippen molar-refractivity contribution < 1.29 is 9.53 Å². The summed E-state index contributed by atoms with van der Waals surface area (Å²) in [4.78, 5) is 23.5. The van der Waals surface area contributed by atoms with Crippen molar-refractivity contribution in [2.45, 2.75) is 44.8 Å². The van der Waals surface area contributed by atoms with Gasteiger partial charge in [0, 0.05) is 42.3 Å². The number of aromatic nitrogens is 1. The van der Waals surface area contributed by atoms with Gasteiger partial charge in [-0.25, -0.2) is 4.98 Å². The number of carbonyl (C=O) groups is 1. The fraction of sp³-hybridized carbons (Fsp3) is 0.406. The van der Waals surface area contributed by atoms with Crippen LogP contribution in [0.3, 0.4) is 0 Å². The standard InChI is InChI=1S/C32H36N6O2/c1-4-29(39)38-17-23(18-38)34-31-25-13-15-37(28-12-6-10-22-9-5-8-21(2)30(22)28)19-27(25)35-32(26(31)16-33)40-20-24-11-7-14-36(24)3/h4-6,8-10,12,23-24H,1,7,11,13-15,17-20H2,2-3H3,(H,34,35). The normalized spacial score (nSPS) is 19.2. The number of nitrogens with zero attached hydrogens (tertiary/aromatic N) is 5. The van der Waals surface area contributed by atoms with Crippen molar-refractivity contribution in [1.29, 1.82) is 5.26 Å². The summed E-state index contributed by atoms with van der Waals surface area (Å²) in [6, 6.07) is 15.7. The van der Waals surface area contributed by atoms with Crippen LogP contribution in [0.2, 0.25) is 0 Å². The number of likely N-dealkylation sites (N-methyl/N-ethyl adjacent to an activating group) is 1. The molecule has 3 aliphatic rings. The summed E-state index contributed by atoms with van der Waals surface area (Å²) < 4.78 is 6.32. The molecule has 0 radical (unpaired) electrons. The van der Waals surface area contributed by atoms with E-state index in [0.29, 0.717) is 43.7 Å². The van der Waals surface area contributed by atoms with Crippen LogP contribution in [0.25, 0.3) is 10.8 Å². The van der Waals surface area contributed by atoms with Crippen LogP contribution in [0.15, 0.2) is 49.1 Å². The highest BCUT2D eigenvalue weighted by Crippen LogP contribution is 2.38. The van der Waals surface area contributed by atoms with Gasteiger partial charge in [0.05, 0.1) is 24.0 Å². The summed E-state index contributed by atoms with van der Waals surface area (Å²) in [6.07, 6.45) is 4.34.